The van der Waals surface area contributed by atoms with E-state index in [1.54, 1.807) is 10.3 Å². The topological polar surface area (TPSA) is 59.2 Å². The van der Waals surface area contributed by atoms with Crippen LogP contribution in [0.15, 0.2) is 29.6 Å². The van der Waals surface area contributed by atoms with Crippen LogP contribution >= 0.6 is 11.3 Å². The van der Waals surface area contributed by atoms with E-state index in [1.165, 1.54) is 16.9 Å². The largest absolute Gasteiger partial charge is 0.322 e. The van der Waals surface area contributed by atoms with E-state index in [-0.39, 0.29) is 11.9 Å². The van der Waals surface area contributed by atoms with E-state index < -0.39 is 0 Å². The fraction of sp³-hybridized carbons (Fsp3) is 0.333. The lowest BCUT2D eigenvalue weighted by atomic mass is 10.2. The van der Waals surface area contributed by atoms with E-state index >= 15 is 0 Å². The zero-order chi connectivity index (χ0) is 14.7. The second-order valence-electron chi connectivity index (χ2n) is 4.74. The molecule has 0 spiro atoms. The molecule has 2 N–H and O–H groups in total. The Bertz CT molecular complexity index is 589. The first kappa shape index (κ1) is 14.7. The highest BCUT2D eigenvalue weighted by molar-refractivity contribution is 7.09. The van der Waals surface area contributed by atoms with Crippen LogP contribution in [0.3, 0.4) is 0 Å². The molecule has 1 unspecified atom stereocenters. The Morgan fingerprint density at radius 1 is 1.40 bits per heavy atom. The summed E-state index contributed by atoms with van der Waals surface area (Å²) in [4.78, 5) is 18.6. The second-order valence-corrected chi connectivity index (χ2v) is 5.63. The zero-order valence-corrected chi connectivity index (χ0v) is 12.8. The number of carbonyl (C=O) groups is 1. The van der Waals surface area contributed by atoms with Crippen molar-refractivity contribution in [3.8, 4) is 0 Å². The molecule has 0 saturated heterocycles. The van der Waals surface area contributed by atoms with E-state index in [0.717, 1.165) is 10.7 Å². The van der Waals surface area contributed by atoms with Crippen molar-refractivity contribution in [2.24, 2.45) is 5.73 Å². The number of aryl methyl sites for hydroxylation is 1. The minimum Gasteiger partial charge on any atom is -0.322 e. The highest BCUT2D eigenvalue weighted by Gasteiger charge is 2.19. The van der Waals surface area contributed by atoms with Gasteiger partial charge in [0.15, 0.2) is 0 Å². The summed E-state index contributed by atoms with van der Waals surface area (Å²) in [6.07, 6.45) is 0. The van der Waals surface area contributed by atoms with Gasteiger partial charge in [-0.2, -0.15) is 0 Å². The number of amides is 1. The van der Waals surface area contributed by atoms with Crippen LogP contribution in [-0.2, 0) is 0 Å². The predicted molar refractivity (Wildman–Crippen MR) is 83.2 cm³/mol. The van der Waals surface area contributed by atoms with Gasteiger partial charge >= 0.3 is 0 Å². The van der Waals surface area contributed by atoms with Gasteiger partial charge in [0.25, 0.3) is 5.91 Å². The Balaban J connectivity index is 2.26. The van der Waals surface area contributed by atoms with E-state index in [4.69, 9.17) is 5.73 Å². The predicted octanol–water partition coefficient (Wildman–Crippen LogP) is 3.14. The molecule has 0 aliphatic carbocycles. The molecule has 106 valence electrons. The fourth-order valence-corrected chi connectivity index (χ4v) is 2.65. The van der Waals surface area contributed by atoms with E-state index in [9.17, 15) is 4.79 Å². The maximum absolute atomic E-state index is 12.5. The molecule has 0 aliphatic heterocycles. The van der Waals surface area contributed by atoms with Crippen molar-refractivity contribution in [3.05, 3.63) is 45.9 Å². The third-order valence-corrected chi connectivity index (χ3v) is 4.08. The fourth-order valence-electron chi connectivity index (χ4n) is 1.90. The van der Waals surface area contributed by atoms with Gasteiger partial charge in [0.05, 0.1) is 6.04 Å². The van der Waals surface area contributed by atoms with Crippen LogP contribution in [0.5, 0.6) is 0 Å². The van der Waals surface area contributed by atoms with Gasteiger partial charge in [0.1, 0.15) is 10.7 Å². The molecule has 1 aromatic heterocycles. The minimum atomic E-state index is -0.143. The van der Waals surface area contributed by atoms with Gasteiger partial charge in [-0.25, -0.2) is 4.98 Å². The van der Waals surface area contributed by atoms with Crippen molar-refractivity contribution in [1.29, 1.82) is 0 Å². The standard InChI is InChI=1S/C15H19N3OS/c1-4-18(12-7-5-10(2)6-8-12)15(19)13-9-20-14(17-13)11(3)16/h5-9,11H,4,16H2,1-3H3. The van der Waals surface area contributed by atoms with Gasteiger partial charge in [-0.15, -0.1) is 11.3 Å². The van der Waals surface area contributed by atoms with Crippen LogP contribution in [0.2, 0.25) is 0 Å². The summed E-state index contributed by atoms with van der Waals surface area (Å²) >= 11 is 1.43. The number of rotatable bonds is 4. The summed E-state index contributed by atoms with van der Waals surface area (Å²) in [5.74, 6) is -0.0838. The summed E-state index contributed by atoms with van der Waals surface area (Å²) in [5.41, 5.74) is 8.31. The Morgan fingerprint density at radius 3 is 2.55 bits per heavy atom. The molecule has 0 bridgehead atoms. The second kappa shape index (κ2) is 6.15. The molecular weight excluding hydrogens is 270 g/mol. The van der Waals surface area contributed by atoms with Crippen LogP contribution in [0.25, 0.3) is 0 Å². The molecule has 5 heteroatoms. The molecule has 2 aromatic rings. The Kier molecular flexibility index (Phi) is 4.52. The number of benzene rings is 1. The normalized spacial score (nSPS) is 12.2. The number of thiazole rings is 1. The molecule has 0 radical (unpaired) electrons. The first-order valence-electron chi connectivity index (χ1n) is 6.62. The van der Waals surface area contributed by atoms with Gasteiger partial charge < -0.3 is 10.6 Å². The zero-order valence-electron chi connectivity index (χ0n) is 12.0. The Labute approximate surface area is 123 Å². The molecule has 1 amide bonds. The quantitative estimate of drug-likeness (QED) is 0.940. The average molecular weight is 289 g/mol. The molecule has 4 nitrogen and oxygen atoms in total. The number of carbonyl (C=O) groups excluding carboxylic acids is 1. The molecule has 1 atom stereocenters. The number of aromatic nitrogens is 1. The van der Waals surface area contributed by atoms with Crippen molar-refractivity contribution in [2.45, 2.75) is 26.8 Å². The summed E-state index contributed by atoms with van der Waals surface area (Å²) in [6, 6.07) is 7.76. The first-order valence-corrected chi connectivity index (χ1v) is 7.50. The number of nitrogens with two attached hydrogens (primary N) is 1. The van der Waals surface area contributed by atoms with Crippen molar-refractivity contribution in [3.63, 3.8) is 0 Å². The summed E-state index contributed by atoms with van der Waals surface area (Å²) in [7, 11) is 0. The maximum Gasteiger partial charge on any atom is 0.277 e. The van der Waals surface area contributed by atoms with Crippen LogP contribution in [0.1, 0.15) is 40.9 Å². The van der Waals surface area contributed by atoms with Gasteiger partial charge in [0.2, 0.25) is 0 Å². The summed E-state index contributed by atoms with van der Waals surface area (Å²) < 4.78 is 0. The SMILES string of the molecule is CCN(C(=O)c1csc(C(C)N)n1)c1ccc(C)cc1. The smallest absolute Gasteiger partial charge is 0.277 e. The molecular formula is C15H19N3OS. The third kappa shape index (κ3) is 3.05. The Morgan fingerprint density at radius 2 is 2.05 bits per heavy atom. The molecule has 0 fully saturated rings. The molecule has 0 aliphatic rings. The Hall–Kier alpha value is -1.72. The molecule has 0 saturated carbocycles. The molecule has 1 heterocycles. The van der Waals surface area contributed by atoms with Crippen LogP contribution in [0, 0.1) is 6.92 Å². The van der Waals surface area contributed by atoms with Crippen molar-refractivity contribution < 1.29 is 4.79 Å². The lowest BCUT2D eigenvalue weighted by molar-refractivity contribution is 0.0984. The highest BCUT2D eigenvalue weighted by atomic mass is 32.1. The van der Waals surface area contributed by atoms with Crippen molar-refractivity contribution >= 4 is 22.9 Å². The lowest BCUT2D eigenvalue weighted by Gasteiger charge is -2.20. The minimum absolute atomic E-state index is 0.0838. The van der Waals surface area contributed by atoms with Crippen LogP contribution in [-0.4, -0.2) is 17.4 Å². The van der Waals surface area contributed by atoms with Gasteiger partial charge in [-0.3, -0.25) is 4.79 Å². The monoisotopic (exact) mass is 289 g/mol. The maximum atomic E-state index is 12.5. The first-order chi connectivity index (χ1) is 9.52. The number of hydrogen-bond donors (Lipinski definition) is 1. The number of hydrogen-bond acceptors (Lipinski definition) is 4. The third-order valence-electron chi connectivity index (χ3n) is 3.04. The van der Waals surface area contributed by atoms with E-state index in [2.05, 4.69) is 4.98 Å². The average Bonchev–Trinajstić information content (AvgIpc) is 2.91. The van der Waals surface area contributed by atoms with Crippen LogP contribution in [0.4, 0.5) is 5.69 Å². The lowest BCUT2D eigenvalue weighted by Crippen LogP contribution is -2.30. The number of anilines is 1. The van der Waals surface area contributed by atoms with Gasteiger partial charge in [-0.1, -0.05) is 17.7 Å². The summed E-state index contributed by atoms with van der Waals surface area (Å²) in [5, 5.41) is 2.56. The van der Waals surface area contributed by atoms with Crippen molar-refractivity contribution in [2.75, 3.05) is 11.4 Å². The van der Waals surface area contributed by atoms with Gasteiger partial charge in [-0.05, 0) is 32.9 Å². The highest BCUT2D eigenvalue weighted by Crippen LogP contribution is 2.21. The molecule has 20 heavy (non-hydrogen) atoms. The number of nitrogens with zero attached hydrogens (tertiary/aromatic N) is 2. The van der Waals surface area contributed by atoms with Crippen molar-refractivity contribution in [1.82, 2.24) is 4.98 Å². The molecule has 2 rings (SSSR count). The van der Waals surface area contributed by atoms with Gasteiger partial charge in [0, 0.05) is 17.6 Å². The molecule has 1 aromatic carbocycles. The van der Waals surface area contributed by atoms with E-state index in [0.29, 0.717) is 12.2 Å². The van der Waals surface area contributed by atoms with Crippen LogP contribution < -0.4 is 10.6 Å². The van der Waals surface area contributed by atoms with E-state index in [1.807, 2.05) is 45.0 Å². The summed E-state index contributed by atoms with van der Waals surface area (Å²) in [6.45, 7) is 6.45.